The van der Waals surface area contributed by atoms with Crippen LogP contribution in [0.3, 0.4) is 0 Å². The molecule has 0 unspecified atom stereocenters. The molecule has 4 aromatic rings. The van der Waals surface area contributed by atoms with Crippen molar-refractivity contribution in [3.63, 3.8) is 0 Å². The lowest BCUT2D eigenvalue weighted by molar-refractivity contribution is 0.00587. The van der Waals surface area contributed by atoms with Crippen LogP contribution in [0.15, 0.2) is 43.0 Å². The number of fused-ring (bicyclic) bond motifs is 1. The van der Waals surface area contributed by atoms with Crippen LogP contribution in [0.2, 0.25) is 0 Å². The van der Waals surface area contributed by atoms with E-state index in [1.807, 2.05) is 20.0 Å². The number of nitriles is 1. The molecule has 0 atom stereocenters. The lowest BCUT2D eigenvalue weighted by atomic mass is 10.1. The zero-order chi connectivity index (χ0) is 23.8. The predicted molar refractivity (Wildman–Crippen MR) is 122 cm³/mol. The number of hydrogen-bond donors (Lipinski definition) is 2. The van der Waals surface area contributed by atoms with Gasteiger partial charge in [0.1, 0.15) is 23.1 Å². The summed E-state index contributed by atoms with van der Waals surface area (Å²) in [6.07, 6.45) is 4.18. The average Bonchev–Trinajstić information content (AvgIpc) is 3.19. The second kappa shape index (κ2) is 8.42. The van der Waals surface area contributed by atoms with Crippen molar-refractivity contribution in [1.29, 1.82) is 5.26 Å². The number of rotatable bonds is 5. The molecule has 11 nitrogen and oxygen atoms in total. The Kier molecular flexibility index (Phi) is 5.27. The lowest BCUT2D eigenvalue weighted by Gasteiger charge is -2.35. The van der Waals surface area contributed by atoms with Crippen molar-refractivity contribution in [2.75, 3.05) is 18.4 Å². The van der Waals surface area contributed by atoms with Gasteiger partial charge in [0.2, 0.25) is 5.88 Å². The molecule has 11 heteroatoms. The number of amides is 1. The van der Waals surface area contributed by atoms with E-state index in [1.165, 1.54) is 12.4 Å². The summed E-state index contributed by atoms with van der Waals surface area (Å²) >= 11 is 0. The third kappa shape index (κ3) is 3.98. The van der Waals surface area contributed by atoms with Crippen LogP contribution in [0.1, 0.15) is 21.6 Å². The van der Waals surface area contributed by atoms with Gasteiger partial charge in [0.15, 0.2) is 11.4 Å². The maximum absolute atomic E-state index is 12.4. The normalized spacial score (nSPS) is 13.4. The third-order valence-corrected chi connectivity index (χ3v) is 5.46. The van der Waals surface area contributed by atoms with Crippen LogP contribution in [0.4, 0.5) is 11.5 Å². The fourth-order valence-electron chi connectivity index (χ4n) is 3.58. The van der Waals surface area contributed by atoms with E-state index in [4.69, 9.17) is 10.00 Å². The fourth-order valence-corrected chi connectivity index (χ4v) is 3.58. The summed E-state index contributed by atoms with van der Waals surface area (Å²) in [7, 11) is 1.83. The number of aryl methyl sites for hydroxylation is 2. The number of imidazole rings is 1. The summed E-state index contributed by atoms with van der Waals surface area (Å²) in [6, 6.07) is 8.74. The largest absolute Gasteiger partial charge is 0.437 e. The molecule has 0 spiro atoms. The number of carbonyl (C=O) groups excluding carboxylic acids is 1. The Morgan fingerprint density at radius 3 is 2.74 bits per heavy atom. The molecule has 4 aromatic heterocycles. The maximum Gasteiger partial charge on any atom is 0.255 e. The summed E-state index contributed by atoms with van der Waals surface area (Å²) < 4.78 is 7.74. The molecular formula is C23H20N8O3. The molecular weight excluding hydrogens is 436 g/mol. The Hall–Kier alpha value is -4.56. The SMILES string of the molecule is Cc1cc(C#N)ncc1Oc1cc(Nc2ccc(C(=O)N3CC(O)C3)cn2)c2ncn(C)c2n1. The summed E-state index contributed by atoms with van der Waals surface area (Å²) in [6.45, 7) is 2.50. The number of aromatic nitrogens is 5. The van der Waals surface area contributed by atoms with Crippen LogP contribution in [-0.2, 0) is 7.05 Å². The molecule has 0 radical (unpaired) electrons. The number of anilines is 2. The van der Waals surface area contributed by atoms with Gasteiger partial charge in [-0.05, 0) is 30.7 Å². The zero-order valence-corrected chi connectivity index (χ0v) is 18.4. The van der Waals surface area contributed by atoms with Crippen LogP contribution in [0.25, 0.3) is 11.2 Å². The smallest absolute Gasteiger partial charge is 0.255 e. The lowest BCUT2D eigenvalue weighted by Crippen LogP contribution is -2.53. The van der Waals surface area contributed by atoms with Crippen molar-refractivity contribution in [3.8, 4) is 17.7 Å². The number of aliphatic hydroxyl groups excluding tert-OH is 1. The molecule has 1 saturated heterocycles. The number of β-amino-alcohol motifs (C(OH)–C–C–N with tert-alkyl or cyclic N) is 1. The highest BCUT2D eigenvalue weighted by Gasteiger charge is 2.29. The molecule has 5 rings (SSSR count). The first-order valence-electron chi connectivity index (χ1n) is 10.5. The van der Waals surface area contributed by atoms with E-state index in [-0.39, 0.29) is 5.91 Å². The van der Waals surface area contributed by atoms with Crippen LogP contribution in [0.5, 0.6) is 11.6 Å². The Morgan fingerprint density at radius 1 is 1.24 bits per heavy atom. The van der Waals surface area contributed by atoms with Gasteiger partial charge in [-0.25, -0.2) is 15.0 Å². The highest BCUT2D eigenvalue weighted by Crippen LogP contribution is 2.31. The van der Waals surface area contributed by atoms with Crippen molar-refractivity contribution in [3.05, 3.63) is 59.8 Å². The van der Waals surface area contributed by atoms with Crippen molar-refractivity contribution < 1.29 is 14.6 Å². The number of ether oxygens (including phenoxy) is 1. The maximum atomic E-state index is 12.4. The molecule has 5 heterocycles. The van der Waals surface area contributed by atoms with Crippen molar-refractivity contribution in [2.24, 2.45) is 7.05 Å². The highest BCUT2D eigenvalue weighted by atomic mass is 16.5. The van der Waals surface area contributed by atoms with Gasteiger partial charge >= 0.3 is 0 Å². The predicted octanol–water partition coefficient (Wildman–Crippen LogP) is 2.29. The molecule has 0 aliphatic carbocycles. The Balaban J connectivity index is 1.42. The van der Waals surface area contributed by atoms with Crippen molar-refractivity contribution in [1.82, 2.24) is 29.4 Å². The van der Waals surface area contributed by atoms with Gasteiger partial charge < -0.3 is 24.6 Å². The standard InChI is InChI=1S/C23H20N8O3/c1-13-5-15(7-24)25-9-18(13)34-20-6-17(21-22(29-20)30(2)12-27-21)28-19-4-3-14(8-26-19)23(33)31-10-16(32)11-31/h3-6,8-9,12,16,32H,10-11H2,1-2H3,(H,26,28,29). The summed E-state index contributed by atoms with van der Waals surface area (Å²) in [4.78, 5) is 31.4. The Labute approximate surface area is 194 Å². The van der Waals surface area contributed by atoms with Gasteiger partial charge in [-0.1, -0.05) is 0 Å². The van der Waals surface area contributed by atoms with Gasteiger partial charge in [0, 0.05) is 32.4 Å². The van der Waals surface area contributed by atoms with Gasteiger partial charge in [-0.15, -0.1) is 0 Å². The summed E-state index contributed by atoms with van der Waals surface area (Å²) in [5.74, 6) is 1.15. The minimum absolute atomic E-state index is 0.164. The minimum Gasteiger partial charge on any atom is -0.437 e. The van der Waals surface area contributed by atoms with Gasteiger partial charge in [-0.2, -0.15) is 10.2 Å². The van der Waals surface area contributed by atoms with E-state index in [0.29, 0.717) is 58.6 Å². The number of aliphatic hydroxyl groups is 1. The molecule has 0 saturated carbocycles. The second-order valence-corrected chi connectivity index (χ2v) is 8.01. The Bertz CT molecular complexity index is 1440. The Morgan fingerprint density at radius 2 is 2.06 bits per heavy atom. The molecule has 2 N–H and O–H groups in total. The molecule has 34 heavy (non-hydrogen) atoms. The van der Waals surface area contributed by atoms with E-state index in [0.717, 1.165) is 5.56 Å². The number of likely N-dealkylation sites (tertiary alicyclic amines) is 1. The highest BCUT2D eigenvalue weighted by molar-refractivity contribution is 5.95. The van der Waals surface area contributed by atoms with E-state index in [9.17, 15) is 9.90 Å². The number of hydrogen-bond acceptors (Lipinski definition) is 9. The number of nitrogens with zero attached hydrogens (tertiary/aromatic N) is 7. The molecule has 1 fully saturated rings. The van der Waals surface area contributed by atoms with Crippen LogP contribution in [-0.4, -0.2) is 59.6 Å². The van der Waals surface area contributed by atoms with Crippen LogP contribution in [0, 0.1) is 18.3 Å². The van der Waals surface area contributed by atoms with E-state index < -0.39 is 6.10 Å². The van der Waals surface area contributed by atoms with E-state index >= 15 is 0 Å². The zero-order valence-electron chi connectivity index (χ0n) is 18.4. The molecule has 0 bridgehead atoms. The van der Waals surface area contributed by atoms with E-state index in [1.54, 1.807) is 40.1 Å². The third-order valence-electron chi connectivity index (χ3n) is 5.46. The van der Waals surface area contributed by atoms with Gasteiger partial charge in [-0.3, -0.25) is 4.79 Å². The first-order valence-corrected chi connectivity index (χ1v) is 10.5. The van der Waals surface area contributed by atoms with Gasteiger partial charge in [0.25, 0.3) is 5.91 Å². The number of carbonyl (C=O) groups is 1. The monoisotopic (exact) mass is 456 g/mol. The minimum atomic E-state index is -0.453. The second-order valence-electron chi connectivity index (χ2n) is 8.01. The molecule has 170 valence electrons. The number of pyridine rings is 3. The molecule has 1 aliphatic heterocycles. The fraction of sp³-hybridized carbons (Fsp3) is 0.217. The van der Waals surface area contributed by atoms with Crippen LogP contribution >= 0.6 is 0 Å². The summed E-state index contributed by atoms with van der Waals surface area (Å²) in [5.41, 5.74) is 3.36. The van der Waals surface area contributed by atoms with Crippen molar-refractivity contribution >= 4 is 28.6 Å². The number of nitrogens with one attached hydrogen (secondary N) is 1. The summed E-state index contributed by atoms with van der Waals surface area (Å²) in [5, 5.41) is 21.6. The van der Waals surface area contributed by atoms with Crippen LogP contribution < -0.4 is 10.1 Å². The molecule has 1 amide bonds. The molecule has 1 aliphatic rings. The first-order chi connectivity index (χ1) is 16.4. The van der Waals surface area contributed by atoms with Crippen molar-refractivity contribution in [2.45, 2.75) is 13.0 Å². The van der Waals surface area contributed by atoms with Gasteiger partial charge in [0.05, 0.1) is 29.9 Å². The molecule has 0 aromatic carbocycles. The van der Waals surface area contributed by atoms with E-state index in [2.05, 4.69) is 25.3 Å². The average molecular weight is 456 g/mol. The first kappa shape index (κ1) is 21.3. The quantitative estimate of drug-likeness (QED) is 0.462. The topological polar surface area (TPSA) is 142 Å².